The number of unbranched alkanes of at least 4 members (excludes halogenated alkanes) is 30. The van der Waals surface area contributed by atoms with Gasteiger partial charge in [0.2, 0.25) is 12.0 Å². The Morgan fingerprint density at radius 1 is 0.645 bits per heavy atom. The molecule has 2 aromatic rings. The van der Waals surface area contributed by atoms with Crippen LogP contribution in [0.5, 0.6) is 0 Å². The Labute approximate surface area is 643 Å². The highest BCUT2D eigenvalue weighted by atomic mass is 16.6. The number of ketones is 1. The van der Waals surface area contributed by atoms with E-state index in [0.717, 1.165) is 37.0 Å². The lowest BCUT2D eigenvalue weighted by Crippen LogP contribution is -2.82. The van der Waals surface area contributed by atoms with E-state index in [1.807, 2.05) is 0 Å². The van der Waals surface area contributed by atoms with Crippen LogP contribution in [-0.2, 0) is 61.9 Å². The van der Waals surface area contributed by atoms with E-state index in [2.05, 4.69) is 31.5 Å². The van der Waals surface area contributed by atoms with Gasteiger partial charge in [-0.2, -0.15) is 0 Å². The molecule has 6 rings (SSSR count). The van der Waals surface area contributed by atoms with Crippen LogP contribution in [0, 0.1) is 16.7 Å². The number of fused-ring (bicyclic) bond motifs is 5. The third-order valence-electron chi connectivity index (χ3n) is 23.9. The fourth-order valence-electron chi connectivity index (χ4n) is 17.6. The van der Waals surface area contributed by atoms with E-state index in [4.69, 9.17) is 37.9 Å². The topological polar surface area (TPSA) is 238 Å². The van der Waals surface area contributed by atoms with Crippen molar-refractivity contribution in [2.75, 3.05) is 54.1 Å². The summed E-state index contributed by atoms with van der Waals surface area (Å²) in [7, 11) is 5.11. The van der Waals surface area contributed by atoms with Crippen LogP contribution >= 0.6 is 0 Å². The minimum Gasteiger partial charge on any atom is -0.455 e. The van der Waals surface area contributed by atoms with E-state index in [0.29, 0.717) is 17.7 Å². The second-order valence-corrected chi connectivity index (χ2v) is 33.7. The van der Waals surface area contributed by atoms with Crippen LogP contribution in [0.2, 0.25) is 0 Å². The number of amides is 2. The molecule has 4 aliphatic rings. The van der Waals surface area contributed by atoms with Crippen molar-refractivity contribution < 1.29 is 81.0 Å². The van der Waals surface area contributed by atoms with Crippen LogP contribution in [0.15, 0.2) is 71.8 Å². The van der Waals surface area contributed by atoms with Crippen molar-refractivity contribution in [3.05, 3.63) is 82.9 Å². The molecule has 0 aromatic heterocycles. The smallest absolute Gasteiger partial charge is 0.408 e. The average molecular weight is 1500 g/mol. The van der Waals surface area contributed by atoms with Gasteiger partial charge in [0.05, 0.1) is 69.3 Å². The molecule has 0 radical (unpaired) electrons. The molecule has 1 saturated heterocycles. The minimum absolute atomic E-state index is 0.0846. The zero-order valence-electron chi connectivity index (χ0n) is 68.4. The van der Waals surface area contributed by atoms with Gasteiger partial charge in [0.15, 0.2) is 11.4 Å². The van der Waals surface area contributed by atoms with Crippen LogP contribution in [0.3, 0.4) is 0 Å². The molecule has 2 bridgehead atoms. The maximum atomic E-state index is 16.1. The molecule has 19 nitrogen and oxygen atoms in total. The van der Waals surface area contributed by atoms with Crippen molar-refractivity contribution in [2.24, 2.45) is 16.7 Å². The standard InChI is InChI=1S/C88H141N3O16/c1-14-16-18-20-22-24-26-28-30-32-34-36-38-40-42-50-59-91(11,60-51-43-41-39-37-35-33-31-29-27-25-23-21-19-17-15-2)61-58-89-72(93)56-57-73(94)104-77(75(67-52-46-44-47-53-67)90-83(98)107-84(5,6)7)82(97)103-69-63-88(99)80(105-81(96)68-54-48-45-49-55-68)78-86(10,79(95)76(101-13)74(65(69)3)85(88,8)9)70(100-12)62-71-87(78,64-102-71)106-66(4)92/h44-49,52-55,69-71,75-78,80,99H,14-43,50-51,56-64H2,1-13H3,(H-,89,90,93,98)/p+1. The lowest BCUT2D eigenvalue weighted by Gasteiger charge is -2.67. The molecular formula is C88H142N3O16+. The number of Topliss-reactive ketones (excluding diaryl/α,β-unsaturated/α-hetero) is 1. The lowest BCUT2D eigenvalue weighted by atomic mass is 9.44. The molecule has 3 fully saturated rings. The molecule has 1 aliphatic heterocycles. The second-order valence-electron chi connectivity index (χ2n) is 33.7. The molecule has 107 heavy (non-hydrogen) atoms. The highest BCUT2D eigenvalue weighted by molar-refractivity contribution is 5.94. The van der Waals surface area contributed by atoms with Gasteiger partial charge in [0.1, 0.15) is 41.7 Å². The van der Waals surface area contributed by atoms with Gasteiger partial charge in [-0.05, 0) is 89.1 Å². The highest BCUT2D eigenvalue weighted by Crippen LogP contribution is 2.65. The number of methoxy groups -OCH3 is 2. The number of benzene rings is 2. The number of carbonyl (C=O) groups excluding carboxylic acids is 7. The van der Waals surface area contributed by atoms with Crippen molar-refractivity contribution in [3.63, 3.8) is 0 Å². The number of hydrogen-bond donors (Lipinski definition) is 3. The molecule has 11 atom stereocenters. The third kappa shape index (κ3) is 26.2. The summed E-state index contributed by atoms with van der Waals surface area (Å²) in [6.07, 6.45) is 31.4. The summed E-state index contributed by atoms with van der Waals surface area (Å²) in [5, 5.41) is 20.1. The number of rotatable bonds is 51. The lowest BCUT2D eigenvalue weighted by molar-refractivity contribution is -0.908. The van der Waals surface area contributed by atoms with E-state index in [1.165, 1.54) is 214 Å². The summed E-state index contributed by atoms with van der Waals surface area (Å²) in [5.74, 6) is -5.99. The van der Waals surface area contributed by atoms with E-state index in [9.17, 15) is 29.1 Å². The number of alkyl carbamates (subject to hydrolysis) is 1. The number of carbonyl (C=O) groups is 7. The first-order valence-corrected chi connectivity index (χ1v) is 41.8. The fourth-order valence-corrected chi connectivity index (χ4v) is 17.6. The summed E-state index contributed by atoms with van der Waals surface area (Å²) in [6, 6.07) is 15.1. The van der Waals surface area contributed by atoms with Crippen molar-refractivity contribution >= 4 is 41.7 Å². The summed E-state index contributed by atoms with van der Waals surface area (Å²) in [4.78, 5) is 102. The Kier molecular flexibility index (Phi) is 37.9. The number of nitrogens with one attached hydrogen (secondary N) is 2. The predicted octanol–water partition coefficient (Wildman–Crippen LogP) is 18.0. The van der Waals surface area contributed by atoms with Crippen LogP contribution in [-0.4, -0.2) is 159 Å². The van der Waals surface area contributed by atoms with Gasteiger partial charge in [0, 0.05) is 45.8 Å². The zero-order valence-corrected chi connectivity index (χ0v) is 68.4. The van der Waals surface area contributed by atoms with Crippen LogP contribution in [0.4, 0.5) is 4.79 Å². The highest BCUT2D eigenvalue weighted by Gasteiger charge is 2.78. The third-order valence-corrected chi connectivity index (χ3v) is 23.9. The maximum Gasteiger partial charge on any atom is 0.408 e. The van der Waals surface area contributed by atoms with E-state index in [1.54, 1.807) is 109 Å². The van der Waals surface area contributed by atoms with Gasteiger partial charge in [-0.1, -0.05) is 256 Å². The van der Waals surface area contributed by atoms with Crippen molar-refractivity contribution in [1.82, 2.24) is 10.6 Å². The van der Waals surface area contributed by atoms with Gasteiger partial charge < -0.3 is 58.1 Å². The number of nitrogens with zero attached hydrogens (tertiary/aromatic N) is 1. The number of ether oxygens (including phenoxy) is 8. The Balaban J connectivity index is 1.19. The number of esters is 4. The van der Waals surface area contributed by atoms with Gasteiger partial charge >= 0.3 is 30.0 Å². The van der Waals surface area contributed by atoms with Gasteiger partial charge in [0.25, 0.3) is 0 Å². The number of hydrogen-bond acceptors (Lipinski definition) is 16. The number of likely N-dealkylation sites (N-methyl/N-ethyl adjacent to an activating group) is 1. The molecule has 3 aliphatic carbocycles. The summed E-state index contributed by atoms with van der Waals surface area (Å²) < 4.78 is 51.0. The molecule has 2 amide bonds. The Morgan fingerprint density at radius 3 is 1.56 bits per heavy atom. The quantitative estimate of drug-likeness (QED) is 0.0183. The van der Waals surface area contributed by atoms with E-state index in [-0.39, 0.29) is 36.5 Å². The monoisotopic (exact) mass is 1500 g/mol. The molecule has 19 heteroatoms. The SMILES string of the molecule is CCCCCCCCCCCCCCCCCC[N+](C)(CCCCCCCCCCCCCCCCCC)CCNC(=O)CCC(=O)OC(C(=O)OC1CC2(O)C(OC(=O)c3ccccc3)C3C4(OC(C)=O)COC4CC(OC)C3(C)C(=O)C(OC)C(=C1C)C2(C)C)C(NC(=O)OC(C)(C)C)c1ccccc1. The molecule has 1 heterocycles. The van der Waals surface area contributed by atoms with E-state index < -0.39 is 125 Å². The molecule has 2 saturated carbocycles. The van der Waals surface area contributed by atoms with Crippen molar-refractivity contribution in [2.45, 2.75) is 360 Å². The molecule has 2 aromatic carbocycles. The zero-order chi connectivity index (χ0) is 78.1. The first kappa shape index (κ1) is 90.2. The maximum absolute atomic E-state index is 16.1. The summed E-state index contributed by atoms with van der Waals surface area (Å²) >= 11 is 0. The molecule has 604 valence electrons. The Morgan fingerprint density at radius 2 is 1.12 bits per heavy atom. The molecular weight excluding hydrogens is 1350 g/mol. The minimum atomic E-state index is -2.33. The van der Waals surface area contributed by atoms with Crippen molar-refractivity contribution in [3.8, 4) is 0 Å². The first-order valence-electron chi connectivity index (χ1n) is 41.8. The van der Waals surface area contributed by atoms with Crippen LogP contribution in [0.1, 0.15) is 322 Å². The van der Waals surface area contributed by atoms with Crippen molar-refractivity contribution in [1.29, 1.82) is 0 Å². The van der Waals surface area contributed by atoms with Crippen LogP contribution < -0.4 is 10.6 Å². The van der Waals surface area contributed by atoms with Gasteiger partial charge in [-0.3, -0.25) is 19.2 Å². The van der Waals surface area contributed by atoms with E-state index >= 15 is 9.59 Å². The molecule has 3 N–H and O–H groups in total. The van der Waals surface area contributed by atoms with Crippen LogP contribution in [0.25, 0.3) is 0 Å². The predicted molar refractivity (Wildman–Crippen MR) is 419 cm³/mol. The average Bonchev–Trinajstić information content (AvgIpc) is 0.668. The molecule has 0 spiro atoms. The number of aliphatic hydroxyl groups is 1. The Bertz CT molecular complexity index is 3020. The Hall–Kier alpha value is -5.73. The van der Waals surface area contributed by atoms with Gasteiger partial charge in [-0.15, -0.1) is 0 Å². The van der Waals surface area contributed by atoms with Gasteiger partial charge in [-0.25, -0.2) is 14.4 Å². The fraction of sp³-hybridized carbons (Fsp3) is 0.761. The first-order chi connectivity index (χ1) is 51.2. The normalized spacial score (nSPS) is 23.8. The largest absolute Gasteiger partial charge is 0.455 e. The second kappa shape index (κ2) is 44.9. The molecule has 11 unspecified atom stereocenters. The number of quaternary nitrogens is 1. The summed E-state index contributed by atoms with van der Waals surface area (Å²) in [6.45, 7) is 20.4. The summed E-state index contributed by atoms with van der Waals surface area (Å²) in [5.41, 5.74) is -7.34.